The van der Waals surface area contributed by atoms with Crippen molar-refractivity contribution in [2.45, 2.75) is 276 Å². The molecule has 0 saturated carbocycles. The Morgan fingerprint density at radius 2 is 0.753 bits per heavy atom. The van der Waals surface area contributed by atoms with Gasteiger partial charge in [-0.25, -0.2) is 4.79 Å². The van der Waals surface area contributed by atoms with Gasteiger partial charge in [0.05, 0.1) is 6.61 Å². The molecule has 6 atom stereocenters. The molecule has 1 heterocycles. The van der Waals surface area contributed by atoms with Crippen LogP contribution >= 0.6 is 0 Å². The molecule has 0 aliphatic carbocycles. The molecule has 6 unspecified atom stereocenters. The van der Waals surface area contributed by atoms with Gasteiger partial charge >= 0.3 is 23.9 Å². The number of carboxylic acids is 1. The minimum absolute atomic E-state index is 0.0278. The number of unbranched alkanes of at least 4 members (excludes halogenated alkanes) is 16. The van der Waals surface area contributed by atoms with Crippen molar-refractivity contribution in [2.75, 3.05) is 13.2 Å². The predicted octanol–water partition coefficient (Wildman–Crippen LogP) is 17.9. The van der Waals surface area contributed by atoms with Crippen LogP contribution in [0.5, 0.6) is 0 Å². The predicted molar refractivity (Wildman–Crippen MR) is 349 cm³/mol. The van der Waals surface area contributed by atoms with Gasteiger partial charge in [-0.3, -0.25) is 14.4 Å². The van der Waals surface area contributed by atoms with Crippen LogP contribution in [-0.4, -0.2) is 89.2 Å². The van der Waals surface area contributed by atoms with Crippen molar-refractivity contribution in [1.82, 2.24) is 0 Å². The van der Waals surface area contributed by atoms with Gasteiger partial charge in [0, 0.05) is 19.3 Å². The molecule has 12 heteroatoms. The Bertz CT molecular complexity index is 2030. The molecule has 1 saturated heterocycles. The van der Waals surface area contributed by atoms with E-state index in [1.807, 2.05) is 12.2 Å². The number of ether oxygens (including phenoxy) is 5. The van der Waals surface area contributed by atoms with Crippen LogP contribution in [0.3, 0.4) is 0 Å². The van der Waals surface area contributed by atoms with Crippen LogP contribution in [0.1, 0.15) is 239 Å². The molecule has 3 N–H and O–H groups in total. The third-order valence-corrected chi connectivity index (χ3v) is 13.9. The number of carbonyl (C=O) groups excluding carboxylic acids is 3. The molecule has 0 radical (unpaired) electrons. The van der Waals surface area contributed by atoms with Gasteiger partial charge in [0.25, 0.3) is 0 Å². The van der Waals surface area contributed by atoms with E-state index < -0.39 is 67.3 Å². The zero-order chi connectivity index (χ0) is 61.7. The number of allylic oxidation sites excluding steroid dienone is 24. The topological polar surface area (TPSA) is 175 Å². The number of esters is 3. The molecule has 0 aromatic heterocycles. The molecule has 85 heavy (non-hydrogen) atoms. The number of aliphatic hydroxyl groups is 2. The Morgan fingerprint density at radius 3 is 1.16 bits per heavy atom. The molecule has 1 rings (SSSR count). The molecule has 0 spiro atoms. The first-order chi connectivity index (χ1) is 41.6. The van der Waals surface area contributed by atoms with Gasteiger partial charge in [0.2, 0.25) is 0 Å². The number of hydrogen-bond acceptors (Lipinski definition) is 11. The molecule has 1 fully saturated rings. The first-order valence-corrected chi connectivity index (χ1v) is 32.8. The minimum Gasteiger partial charge on any atom is -0.479 e. The van der Waals surface area contributed by atoms with Crippen LogP contribution < -0.4 is 0 Å². The number of hydrogen-bond donors (Lipinski definition) is 3. The second kappa shape index (κ2) is 59.0. The maximum atomic E-state index is 13.2. The van der Waals surface area contributed by atoms with Crippen LogP contribution in [0.2, 0.25) is 0 Å². The van der Waals surface area contributed by atoms with E-state index in [2.05, 4.69) is 154 Å². The highest BCUT2D eigenvalue weighted by atomic mass is 16.7. The average molecular weight is 1180 g/mol. The summed E-state index contributed by atoms with van der Waals surface area (Å²) in [4.78, 5) is 51.4. The smallest absolute Gasteiger partial charge is 0.335 e. The van der Waals surface area contributed by atoms with Crippen molar-refractivity contribution < 1.29 is 58.2 Å². The third kappa shape index (κ3) is 48.4. The molecule has 0 bridgehead atoms. The largest absolute Gasteiger partial charge is 0.479 e. The highest BCUT2D eigenvalue weighted by Gasteiger charge is 2.50. The fourth-order valence-corrected chi connectivity index (χ4v) is 8.93. The van der Waals surface area contributed by atoms with Crippen molar-refractivity contribution in [3.63, 3.8) is 0 Å². The first-order valence-electron chi connectivity index (χ1n) is 32.8. The van der Waals surface area contributed by atoms with Crippen molar-refractivity contribution in [3.8, 4) is 0 Å². The Morgan fingerprint density at radius 1 is 0.400 bits per heavy atom. The number of carboxylic acid groups (broad SMARTS) is 1. The molecule has 1 aliphatic rings. The molecule has 1 aliphatic heterocycles. The van der Waals surface area contributed by atoms with Crippen LogP contribution in [-0.2, 0) is 42.9 Å². The highest BCUT2D eigenvalue weighted by molar-refractivity contribution is 5.74. The fourth-order valence-electron chi connectivity index (χ4n) is 8.93. The summed E-state index contributed by atoms with van der Waals surface area (Å²) >= 11 is 0. The SMILES string of the molecule is CC/C=C\C/C=C\C/C=C\C/C=C\C/C=C\CCCC(=O)OC(COC(=O)CCCCCCCC/C=C\C/C=C\C/C=C\CCCCC)COC1OC(C(=O)O)C(O)C(O)C1OC(=O)CCCCCCCC/C=C\C/C=C\C/C=C\C/C=C\CC. The third-order valence-electron chi connectivity index (χ3n) is 13.9. The second-order valence-electron chi connectivity index (χ2n) is 21.6. The number of carbonyl (C=O) groups is 4. The van der Waals surface area contributed by atoms with Crippen molar-refractivity contribution in [2.24, 2.45) is 0 Å². The zero-order valence-corrected chi connectivity index (χ0v) is 52.8. The summed E-state index contributed by atoms with van der Waals surface area (Å²) in [5.41, 5.74) is 0. The van der Waals surface area contributed by atoms with Crippen LogP contribution in [0, 0.1) is 0 Å². The van der Waals surface area contributed by atoms with E-state index in [-0.39, 0.29) is 25.9 Å². The fraction of sp³-hybridized carbons (Fsp3) is 0.616. The highest BCUT2D eigenvalue weighted by Crippen LogP contribution is 2.26. The van der Waals surface area contributed by atoms with Crippen molar-refractivity contribution in [1.29, 1.82) is 0 Å². The first kappa shape index (κ1) is 77.6. The molecule has 0 aromatic rings. The summed E-state index contributed by atoms with van der Waals surface area (Å²) in [6, 6.07) is 0. The quantitative estimate of drug-likeness (QED) is 0.0228. The van der Waals surface area contributed by atoms with Crippen molar-refractivity contribution >= 4 is 23.9 Å². The number of aliphatic hydroxyl groups excluding tert-OH is 2. The molecule has 0 amide bonds. The molecule has 478 valence electrons. The van der Waals surface area contributed by atoms with E-state index in [1.165, 1.54) is 25.7 Å². The summed E-state index contributed by atoms with van der Waals surface area (Å²) in [6.07, 6.45) is 72.3. The summed E-state index contributed by atoms with van der Waals surface area (Å²) in [7, 11) is 0. The zero-order valence-electron chi connectivity index (χ0n) is 52.8. The second-order valence-corrected chi connectivity index (χ2v) is 21.6. The summed E-state index contributed by atoms with van der Waals surface area (Å²) in [6.45, 7) is 5.68. The monoisotopic (exact) mass is 1180 g/mol. The van der Waals surface area contributed by atoms with E-state index in [1.54, 1.807) is 0 Å². The maximum Gasteiger partial charge on any atom is 0.335 e. The Balaban J connectivity index is 2.72. The van der Waals surface area contributed by atoms with Gasteiger partial charge in [-0.1, -0.05) is 231 Å². The molecular weight excluding hydrogens is 1070 g/mol. The summed E-state index contributed by atoms with van der Waals surface area (Å²) in [5, 5.41) is 31.6. The van der Waals surface area contributed by atoms with E-state index in [0.717, 1.165) is 148 Å². The summed E-state index contributed by atoms with van der Waals surface area (Å²) < 4.78 is 28.5. The Kier molecular flexibility index (Phi) is 53.8. The van der Waals surface area contributed by atoms with Crippen LogP contribution in [0.25, 0.3) is 0 Å². The van der Waals surface area contributed by atoms with Crippen LogP contribution in [0.15, 0.2) is 146 Å². The lowest BCUT2D eigenvalue weighted by molar-refractivity contribution is -0.301. The number of aliphatic carboxylic acids is 1. The average Bonchev–Trinajstić information content (AvgIpc) is 3.53. The van der Waals surface area contributed by atoms with Gasteiger partial charge in [0.1, 0.15) is 18.8 Å². The van der Waals surface area contributed by atoms with Gasteiger partial charge in [0.15, 0.2) is 24.6 Å². The van der Waals surface area contributed by atoms with E-state index in [4.69, 9.17) is 23.7 Å². The van der Waals surface area contributed by atoms with Gasteiger partial charge in [-0.2, -0.15) is 0 Å². The van der Waals surface area contributed by atoms with Gasteiger partial charge in [-0.15, -0.1) is 0 Å². The molecule has 0 aromatic carbocycles. The minimum atomic E-state index is -1.93. The lowest BCUT2D eigenvalue weighted by atomic mass is 9.98. The van der Waals surface area contributed by atoms with Gasteiger partial charge < -0.3 is 39.0 Å². The van der Waals surface area contributed by atoms with E-state index >= 15 is 0 Å². The van der Waals surface area contributed by atoms with E-state index in [0.29, 0.717) is 25.7 Å². The maximum absolute atomic E-state index is 13.2. The standard InChI is InChI=1S/C73H114O12/c1-4-7-10-13-16-19-22-25-28-31-33-36-38-41-44-47-50-53-56-59-65(74)81-62-64(83-66(75)60-57-54-51-48-45-42-39-35-30-27-24-21-18-15-12-9-6-3)63-82-73-71(69(78)68(77)70(85-73)72(79)80)84-67(76)61-58-55-52-49-46-43-40-37-34-32-29-26-23-20-17-14-11-8-5-2/h8-9,11-12,16-21,25-30,33-34,36-37,39,42,48,51,64,68-71,73,77-78H,4-7,10,13-15,22-24,31-32,35,38,40-41,43-47,49-50,52-63H2,1-3H3,(H,79,80)/b11-8-,12-9-,19-16-,20-17-,21-18-,28-25-,29-26-,30-27-,36-33-,37-34-,42-39-,51-48-. The number of rotatable bonds is 54. The lowest BCUT2D eigenvalue weighted by Gasteiger charge is -2.40. The van der Waals surface area contributed by atoms with Crippen LogP contribution in [0.4, 0.5) is 0 Å². The Labute approximate surface area is 514 Å². The Hall–Kier alpha value is -5.40. The normalized spacial score (nSPS) is 18.4. The van der Waals surface area contributed by atoms with Crippen molar-refractivity contribution in [3.05, 3.63) is 146 Å². The molecular formula is C73H114O12. The molecule has 12 nitrogen and oxygen atoms in total. The summed E-state index contributed by atoms with van der Waals surface area (Å²) in [5.74, 6) is -3.25. The van der Waals surface area contributed by atoms with E-state index in [9.17, 15) is 34.5 Å². The lowest BCUT2D eigenvalue weighted by Crippen LogP contribution is -2.61. The van der Waals surface area contributed by atoms with Gasteiger partial charge in [-0.05, 0) is 135 Å².